The topological polar surface area (TPSA) is 108 Å². The van der Waals surface area contributed by atoms with Gasteiger partial charge in [0.25, 0.3) is 0 Å². The molecule has 0 aliphatic rings. The SMILES string of the molecule is CC/C=C\C/C=C\C/C=C\C/C=C\C/C=C\C/C=C\C/C=C\CCCCCCCCCCCCCCCCCCCC(=O)OC(COC(=O)CCC/C=C\C/C=C\C/C=C\C/C=C\C/C=C\C/C=C\C/C=C\CC)COP(=O)(O)OCC[N+](C)(C)C. The Kier molecular flexibility index (Phi) is 61.3. The van der Waals surface area contributed by atoms with E-state index in [4.69, 9.17) is 18.5 Å². The number of quaternary nitrogens is 1. The molecule has 9 nitrogen and oxygen atoms in total. The third-order valence-electron chi connectivity index (χ3n) is 13.7. The predicted octanol–water partition coefficient (Wildman–Crippen LogP) is 22.2. The lowest BCUT2D eigenvalue weighted by Crippen LogP contribution is -2.37. The molecule has 0 aromatic heterocycles. The zero-order chi connectivity index (χ0) is 62.6. The third-order valence-corrected chi connectivity index (χ3v) is 14.7. The van der Waals surface area contributed by atoms with Crippen LogP contribution < -0.4 is 0 Å². The third kappa shape index (κ3) is 68.5. The van der Waals surface area contributed by atoms with Crippen LogP contribution in [0.3, 0.4) is 0 Å². The molecule has 10 heteroatoms. The van der Waals surface area contributed by atoms with Gasteiger partial charge in [0.15, 0.2) is 6.10 Å². The molecular weight excluding hydrogens is 1090 g/mol. The summed E-state index contributed by atoms with van der Waals surface area (Å²) >= 11 is 0. The maximum absolute atomic E-state index is 12.9. The van der Waals surface area contributed by atoms with Gasteiger partial charge in [-0.25, -0.2) is 4.57 Å². The normalized spacial score (nSPS) is 14.3. The van der Waals surface area contributed by atoms with Crippen molar-refractivity contribution in [2.45, 2.75) is 251 Å². The van der Waals surface area contributed by atoms with Crippen molar-refractivity contribution >= 4 is 19.8 Å². The first-order valence-electron chi connectivity index (χ1n) is 33.9. The Labute approximate surface area is 528 Å². The van der Waals surface area contributed by atoms with Crippen molar-refractivity contribution < 1.29 is 42.1 Å². The van der Waals surface area contributed by atoms with Gasteiger partial charge in [-0.1, -0.05) is 280 Å². The molecule has 0 saturated heterocycles. The van der Waals surface area contributed by atoms with Crippen LogP contribution in [-0.4, -0.2) is 74.9 Å². The number of unbranched alkanes of at least 4 members (excludes halogenated alkanes) is 18. The summed E-state index contributed by atoms with van der Waals surface area (Å²) in [4.78, 5) is 35.8. The van der Waals surface area contributed by atoms with Gasteiger partial charge >= 0.3 is 19.8 Å². The number of nitrogens with zero attached hydrogens (tertiary/aromatic N) is 1. The smallest absolute Gasteiger partial charge is 0.462 e. The highest BCUT2D eigenvalue weighted by atomic mass is 31.2. The number of carbonyl (C=O) groups excluding carboxylic acids is 2. The first kappa shape index (κ1) is 81.4. The van der Waals surface area contributed by atoms with E-state index in [1.54, 1.807) is 0 Å². The average Bonchev–Trinajstić information content (AvgIpc) is 3.56. The summed E-state index contributed by atoms with van der Waals surface area (Å²) in [6.07, 6.45) is 98.9. The number of likely N-dealkylation sites (N-methyl/N-ethyl adjacent to an activating group) is 1. The Morgan fingerprint density at radius 2 is 0.640 bits per heavy atom. The van der Waals surface area contributed by atoms with Gasteiger partial charge in [-0.05, 0) is 122 Å². The van der Waals surface area contributed by atoms with E-state index in [2.05, 4.69) is 184 Å². The maximum atomic E-state index is 12.9. The second-order valence-corrected chi connectivity index (χ2v) is 24.5. The van der Waals surface area contributed by atoms with Crippen molar-refractivity contribution in [1.82, 2.24) is 0 Å². The van der Waals surface area contributed by atoms with Crippen molar-refractivity contribution in [3.63, 3.8) is 0 Å². The van der Waals surface area contributed by atoms with Crippen molar-refractivity contribution in [3.05, 3.63) is 170 Å². The molecule has 0 amide bonds. The maximum Gasteiger partial charge on any atom is 0.472 e. The Hall–Kier alpha value is -4.63. The molecule has 0 bridgehead atoms. The summed E-state index contributed by atoms with van der Waals surface area (Å²) in [5.74, 6) is -0.874. The fraction of sp³-hybridized carbons (Fsp3) is 0.605. The van der Waals surface area contributed by atoms with Gasteiger partial charge in [0.2, 0.25) is 0 Å². The average molecular weight is 1210 g/mol. The monoisotopic (exact) mass is 1210 g/mol. The molecule has 1 N–H and O–H groups in total. The van der Waals surface area contributed by atoms with E-state index < -0.39 is 32.5 Å². The number of carbonyl (C=O) groups is 2. The number of hydrogen-bond acceptors (Lipinski definition) is 7. The van der Waals surface area contributed by atoms with E-state index in [0.29, 0.717) is 23.9 Å². The molecule has 0 aliphatic heterocycles. The van der Waals surface area contributed by atoms with Crippen LogP contribution in [0.1, 0.15) is 245 Å². The molecule has 0 saturated carbocycles. The number of esters is 2. The van der Waals surface area contributed by atoms with E-state index in [1.165, 1.54) is 89.9 Å². The lowest BCUT2D eigenvalue weighted by atomic mass is 10.0. The number of phosphoric ester groups is 1. The summed E-state index contributed by atoms with van der Waals surface area (Å²) < 4.78 is 34.6. The summed E-state index contributed by atoms with van der Waals surface area (Å²) in [6, 6.07) is 0. The number of phosphoric acid groups is 1. The molecule has 0 spiro atoms. The molecule has 2 unspecified atom stereocenters. The van der Waals surface area contributed by atoms with E-state index in [-0.39, 0.29) is 26.1 Å². The second kappa shape index (κ2) is 64.8. The Bertz CT molecular complexity index is 2060. The van der Waals surface area contributed by atoms with E-state index in [0.717, 1.165) is 116 Å². The van der Waals surface area contributed by atoms with Crippen molar-refractivity contribution in [2.75, 3.05) is 47.5 Å². The van der Waals surface area contributed by atoms with Crippen LogP contribution >= 0.6 is 7.82 Å². The lowest BCUT2D eigenvalue weighted by Gasteiger charge is -2.24. The first-order chi connectivity index (χ1) is 42.0. The standard InChI is InChI=1S/C76H124NO8P/c1-6-8-10-12-14-16-18-20-22-24-26-28-30-31-32-33-34-35-36-37-38-39-40-41-42-43-44-45-47-49-51-53-55-57-59-61-63-65-67-69-76(79)85-74(73-84-86(80,81)83-71-70-77(3,4)5)72-82-75(78)68-66-64-62-60-58-56-54-52-50-48-46-29-27-25-23-21-19-17-15-13-11-9-7-2/h8-11,14-17,20-23,26-29,31-32,34-35,37-38,48,50,54,56,60,62,74H,6-7,12-13,18-19,24-25,30,33,36,39-47,49,51-53,55,57-59,61,63-73H2,1-5H3/p+1/b10-8-,11-9-,16-14-,17-15-,22-20-,23-21-,28-26-,29-27-,32-31-,35-34-,38-37-,50-48-,56-54-,62-60-. The largest absolute Gasteiger partial charge is 0.472 e. The van der Waals surface area contributed by atoms with Crippen LogP contribution in [0.2, 0.25) is 0 Å². The lowest BCUT2D eigenvalue weighted by molar-refractivity contribution is -0.870. The molecule has 486 valence electrons. The zero-order valence-corrected chi connectivity index (χ0v) is 56.1. The van der Waals surface area contributed by atoms with Crippen LogP contribution in [0.15, 0.2) is 170 Å². The van der Waals surface area contributed by atoms with Crippen molar-refractivity contribution in [1.29, 1.82) is 0 Å². The summed E-state index contributed by atoms with van der Waals surface area (Å²) in [5.41, 5.74) is 0. The highest BCUT2D eigenvalue weighted by Gasteiger charge is 2.27. The van der Waals surface area contributed by atoms with E-state index in [1.807, 2.05) is 21.1 Å². The predicted molar refractivity (Wildman–Crippen MR) is 371 cm³/mol. The van der Waals surface area contributed by atoms with Crippen molar-refractivity contribution in [3.8, 4) is 0 Å². The minimum Gasteiger partial charge on any atom is -0.462 e. The van der Waals surface area contributed by atoms with Gasteiger partial charge in [-0.15, -0.1) is 0 Å². The fourth-order valence-electron chi connectivity index (χ4n) is 8.63. The van der Waals surface area contributed by atoms with Gasteiger partial charge < -0.3 is 18.9 Å². The van der Waals surface area contributed by atoms with Gasteiger partial charge in [0.05, 0.1) is 27.7 Å². The molecule has 0 heterocycles. The van der Waals surface area contributed by atoms with Crippen LogP contribution in [-0.2, 0) is 32.7 Å². The quantitative estimate of drug-likeness (QED) is 0.0211. The van der Waals surface area contributed by atoms with E-state index >= 15 is 0 Å². The molecule has 86 heavy (non-hydrogen) atoms. The number of rotatable bonds is 60. The molecule has 0 aromatic carbocycles. The van der Waals surface area contributed by atoms with Crippen molar-refractivity contribution in [2.24, 2.45) is 0 Å². The summed E-state index contributed by atoms with van der Waals surface area (Å²) in [5, 5.41) is 0. The highest BCUT2D eigenvalue weighted by molar-refractivity contribution is 7.47. The molecule has 0 rings (SSSR count). The molecule has 0 radical (unpaired) electrons. The number of hydrogen-bond donors (Lipinski definition) is 1. The minimum atomic E-state index is -4.41. The minimum absolute atomic E-state index is 0.0148. The van der Waals surface area contributed by atoms with Crippen LogP contribution in [0.4, 0.5) is 0 Å². The zero-order valence-electron chi connectivity index (χ0n) is 55.2. The van der Waals surface area contributed by atoms with Gasteiger partial charge in [-0.2, -0.15) is 0 Å². The molecule has 0 fully saturated rings. The fourth-order valence-corrected chi connectivity index (χ4v) is 9.37. The first-order valence-corrected chi connectivity index (χ1v) is 35.4. The molecule has 0 aliphatic carbocycles. The van der Waals surface area contributed by atoms with Gasteiger partial charge in [0.1, 0.15) is 19.8 Å². The van der Waals surface area contributed by atoms with Crippen LogP contribution in [0.25, 0.3) is 0 Å². The van der Waals surface area contributed by atoms with Gasteiger partial charge in [0, 0.05) is 12.8 Å². The molecule has 0 aromatic rings. The van der Waals surface area contributed by atoms with Gasteiger partial charge in [-0.3, -0.25) is 18.6 Å². The second-order valence-electron chi connectivity index (χ2n) is 23.1. The number of ether oxygens (including phenoxy) is 2. The van der Waals surface area contributed by atoms with Crippen LogP contribution in [0.5, 0.6) is 0 Å². The molecule has 2 atom stereocenters. The number of allylic oxidation sites excluding steroid dienone is 28. The van der Waals surface area contributed by atoms with Crippen LogP contribution in [0, 0.1) is 0 Å². The summed E-state index contributed by atoms with van der Waals surface area (Å²) in [6.45, 7) is 4.13. The van der Waals surface area contributed by atoms with E-state index in [9.17, 15) is 19.0 Å². The Morgan fingerprint density at radius 3 is 0.965 bits per heavy atom. The Balaban J connectivity index is 4.12. The highest BCUT2D eigenvalue weighted by Crippen LogP contribution is 2.43. The summed E-state index contributed by atoms with van der Waals surface area (Å²) in [7, 11) is 1.43. The Morgan fingerprint density at radius 1 is 0.360 bits per heavy atom. The molecular formula is C76H125NO8P+.